The Balaban J connectivity index is 2.00. The molecule has 1 aromatic carbocycles. The zero-order valence-electron chi connectivity index (χ0n) is 19.7. The second-order valence-electron chi connectivity index (χ2n) is 8.30. The normalized spacial score (nSPS) is 11.0. The molecule has 0 saturated heterocycles. The third kappa shape index (κ3) is 13.1. The summed E-state index contributed by atoms with van der Waals surface area (Å²) in [5.41, 5.74) is -0.268. The van der Waals surface area contributed by atoms with Gasteiger partial charge in [0.2, 0.25) is 0 Å². The van der Waals surface area contributed by atoms with Crippen molar-refractivity contribution in [1.82, 2.24) is 0 Å². The third-order valence-electron chi connectivity index (χ3n) is 5.48. The van der Waals surface area contributed by atoms with Gasteiger partial charge in [0.05, 0.1) is 11.1 Å². The van der Waals surface area contributed by atoms with Gasteiger partial charge in [0.25, 0.3) is 0 Å². The van der Waals surface area contributed by atoms with Crippen LogP contribution in [0.1, 0.15) is 124 Å². The van der Waals surface area contributed by atoms with Crippen LogP contribution in [0.25, 0.3) is 0 Å². The Bertz CT molecular complexity index is 708. The number of carbonyl (C=O) groups is 3. The summed E-state index contributed by atoms with van der Waals surface area (Å²) in [5.74, 6) is -2.74. The van der Waals surface area contributed by atoms with Crippen LogP contribution in [0.5, 0.6) is 0 Å². The first-order valence-corrected chi connectivity index (χ1v) is 12.3. The van der Waals surface area contributed by atoms with Crippen LogP contribution in [0.4, 0.5) is 0 Å². The predicted molar refractivity (Wildman–Crippen MR) is 128 cm³/mol. The van der Waals surface area contributed by atoms with Crippen molar-refractivity contribution < 1.29 is 24.2 Å². The smallest absolute Gasteiger partial charge is 0.346 e. The Kier molecular flexibility index (Phi) is 15.7. The van der Waals surface area contributed by atoms with Gasteiger partial charge in [-0.3, -0.25) is 4.79 Å². The SMILES string of the molecule is CCCCCCCCC/C=C\CCCCCCCC(=O)OC(=O)c1ccccc1C(=O)O. The average molecular weight is 445 g/mol. The van der Waals surface area contributed by atoms with E-state index in [9.17, 15) is 14.4 Å². The summed E-state index contributed by atoms with van der Waals surface area (Å²) in [4.78, 5) is 35.0. The van der Waals surface area contributed by atoms with Crippen molar-refractivity contribution >= 4 is 17.9 Å². The van der Waals surface area contributed by atoms with Crippen LogP contribution < -0.4 is 0 Å². The summed E-state index contributed by atoms with van der Waals surface area (Å²) in [5, 5.41) is 9.11. The number of allylic oxidation sites excluding steroid dienone is 2. The highest BCUT2D eigenvalue weighted by atomic mass is 16.6. The number of aromatic carboxylic acids is 1. The van der Waals surface area contributed by atoms with Crippen LogP contribution in [0.2, 0.25) is 0 Å². The number of benzene rings is 1. The summed E-state index contributed by atoms with van der Waals surface area (Å²) in [7, 11) is 0. The summed E-state index contributed by atoms with van der Waals surface area (Å²) in [6.07, 6.45) is 21.4. The van der Waals surface area contributed by atoms with Crippen LogP contribution in [-0.2, 0) is 9.53 Å². The minimum atomic E-state index is -1.22. The predicted octanol–water partition coefficient (Wildman–Crippen LogP) is 7.50. The summed E-state index contributed by atoms with van der Waals surface area (Å²) >= 11 is 0. The second kappa shape index (κ2) is 18.2. The van der Waals surface area contributed by atoms with Crippen molar-refractivity contribution in [3.8, 4) is 0 Å². The number of esters is 2. The van der Waals surface area contributed by atoms with Gasteiger partial charge >= 0.3 is 17.9 Å². The average Bonchev–Trinajstić information content (AvgIpc) is 2.78. The Morgan fingerprint density at radius 2 is 1.25 bits per heavy atom. The fraction of sp³-hybridized carbons (Fsp3) is 0.593. The third-order valence-corrected chi connectivity index (χ3v) is 5.48. The lowest BCUT2D eigenvalue weighted by Crippen LogP contribution is -2.15. The molecule has 1 rings (SSSR count). The number of hydrogen-bond acceptors (Lipinski definition) is 4. The molecule has 0 radical (unpaired) electrons. The monoisotopic (exact) mass is 444 g/mol. The van der Waals surface area contributed by atoms with Gasteiger partial charge in [-0.25, -0.2) is 9.59 Å². The zero-order valence-corrected chi connectivity index (χ0v) is 19.7. The Hall–Kier alpha value is -2.43. The number of hydrogen-bond donors (Lipinski definition) is 1. The van der Waals surface area contributed by atoms with E-state index < -0.39 is 17.9 Å². The van der Waals surface area contributed by atoms with E-state index >= 15 is 0 Å². The molecule has 178 valence electrons. The quantitative estimate of drug-likeness (QED) is 0.110. The fourth-order valence-electron chi connectivity index (χ4n) is 3.57. The molecule has 32 heavy (non-hydrogen) atoms. The molecule has 0 atom stereocenters. The number of carbonyl (C=O) groups excluding carboxylic acids is 2. The molecule has 0 aliphatic rings. The maximum Gasteiger partial charge on any atom is 0.346 e. The fourth-order valence-corrected chi connectivity index (χ4v) is 3.57. The topological polar surface area (TPSA) is 80.7 Å². The minimum Gasteiger partial charge on any atom is -0.478 e. The molecular formula is C27H40O5. The largest absolute Gasteiger partial charge is 0.478 e. The van der Waals surface area contributed by atoms with Crippen LogP contribution in [-0.4, -0.2) is 23.0 Å². The first-order valence-electron chi connectivity index (χ1n) is 12.3. The molecule has 1 aromatic rings. The van der Waals surface area contributed by atoms with Gasteiger partial charge in [-0.05, 0) is 44.2 Å². The van der Waals surface area contributed by atoms with E-state index in [-0.39, 0.29) is 17.5 Å². The van der Waals surface area contributed by atoms with Gasteiger partial charge in [-0.15, -0.1) is 0 Å². The molecule has 1 N–H and O–H groups in total. The highest BCUT2D eigenvalue weighted by molar-refractivity contribution is 6.05. The molecule has 0 aliphatic heterocycles. The number of carboxylic acids is 1. The molecule has 0 aromatic heterocycles. The van der Waals surface area contributed by atoms with Crippen LogP contribution >= 0.6 is 0 Å². The van der Waals surface area contributed by atoms with Gasteiger partial charge in [-0.2, -0.15) is 0 Å². The van der Waals surface area contributed by atoms with Gasteiger partial charge in [0.15, 0.2) is 0 Å². The highest BCUT2D eigenvalue weighted by Gasteiger charge is 2.19. The van der Waals surface area contributed by atoms with Crippen molar-refractivity contribution in [2.24, 2.45) is 0 Å². The molecule has 0 heterocycles. The summed E-state index contributed by atoms with van der Waals surface area (Å²) in [6, 6.07) is 5.73. The molecule has 0 saturated carbocycles. The lowest BCUT2D eigenvalue weighted by molar-refractivity contribution is -0.138. The van der Waals surface area contributed by atoms with E-state index in [1.807, 2.05) is 0 Å². The lowest BCUT2D eigenvalue weighted by Gasteiger charge is -2.06. The second-order valence-corrected chi connectivity index (χ2v) is 8.30. The van der Waals surface area contributed by atoms with E-state index in [4.69, 9.17) is 9.84 Å². The van der Waals surface area contributed by atoms with E-state index in [1.54, 1.807) is 0 Å². The van der Waals surface area contributed by atoms with Crippen LogP contribution in [0.15, 0.2) is 36.4 Å². The van der Waals surface area contributed by atoms with Crippen molar-refractivity contribution in [3.63, 3.8) is 0 Å². The maximum atomic E-state index is 12.0. The number of rotatable bonds is 18. The Morgan fingerprint density at radius 3 is 1.81 bits per heavy atom. The van der Waals surface area contributed by atoms with Crippen molar-refractivity contribution in [2.75, 3.05) is 0 Å². The summed E-state index contributed by atoms with van der Waals surface area (Å²) < 4.78 is 4.80. The molecule has 0 amide bonds. The lowest BCUT2D eigenvalue weighted by atomic mass is 10.1. The van der Waals surface area contributed by atoms with E-state index in [0.717, 1.165) is 32.1 Å². The van der Waals surface area contributed by atoms with Crippen LogP contribution in [0.3, 0.4) is 0 Å². The van der Waals surface area contributed by atoms with Gasteiger partial charge in [0.1, 0.15) is 0 Å². The maximum absolute atomic E-state index is 12.0. The van der Waals surface area contributed by atoms with Crippen molar-refractivity contribution in [2.45, 2.75) is 103 Å². The molecule has 0 unspecified atom stereocenters. The van der Waals surface area contributed by atoms with Crippen molar-refractivity contribution in [3.05, 3.63) is 47.5 Å². The molecule has 0 bridgehead atoms. The molecule has 0 spiro atoms. The van der Waals surface area contributed by atoms with E-state index in [1.165, 1.54) is 75.6 Å². The Labute approximate surface area is 193 Å². The number of ether oxygens (including phenoxy) is 1. The first kappa shape index (κ1) is 27.6. The Morgan fingerprint density at radius 1 is 0.750 bits per heavy atom. The standard InChI is InChI=1S/C27H40O5/c1-2-3-4-5-6-7-8-9-10-11-12-13-14-15-16-17-22-25(28)32-27(31)24-21-19-18-20-23(24)26(29)30/h10-11,18-21H,2-9,12-17,22H2,1H3,(H,29,30)/b11-10-. The zero-order chi connectivity index (χ0) is 23.4. The van der Waals surface area contributed by atoms with Gasteiger partial charge in [0, 0.05) is 6.42 Å². The van der Waals surface area contributed by atoms with E-state index in [0.29, 0.717) is 6.42 Å². The number of carboxylic acid groups (broad SMARTS) is 1. The molecular weight excluding hydrogens is 404 g/mol. The minimum absolute atomic E-state index is 0.103. The number of unbranched alkanes of at least 4 members (excludes halogenated alkanes) is 12. The highest BCUT2D eigenvalue weighted by Crippen LogP contribution is 2.13. The first-order chi connectivity index (χ1) is 15.6. The van der Waals surface area contributed by atoms with Crippen molar-refractivity contribution in [1.29, 1.82) is 0 Å². The summed E-state index contributed by atoms with van der Waals surface area (Å²) in [6.45, 7) is 2.25. The van der Waals surface area contributed by atoms with Gasteiger partial charge in [-0.1, -0.05) is 89.0 Å². The molecule has 0 aliphatic carbocycles. The van der Waals surface area contributed by atoms with E-state index in [2.05, 4.69) is 19.1 Å². The molecule has 0 fully saturated rings. The molecule has 5 nitrogen and oxygen atoms in total. The molecule has 5 heteroatoms. The van der Waals surface area contributed by atoms with Gasteiger partial charge < -0.3 is 9.84 Å². The van der Waals surface area contributed by atoms with Crippen LogP contribution in [0, 0.1) is 0 Å².